The van der Waals surface area contributed by atoms with Crippen LogP contribution < -0.4 is 16.0 Å². The van der Waals surface area contributed by atoms with E-state index in [2.05, 4.69) is 5.32 Å². The number of halogens is 1. The van der Waals surface area contributed by atoms with Crippen molar-refractivity contribution in [2.45, 2.75) is 19.9 Å². The lowest BCUT2D eigenvalue weighted by Gasteiger charge is -2.27. The summed E-state index contributed by atoms with van der Waals surface area (Å²) in [6, 6.07) is 11.0. The third kappa shape index (κ3) is 4.69. The number of likely N-dealkylation sites (N-methyl/N-ethyl adjacent to an activating group) is 1. The van der Waals surface area contributed by atoms with Gasteiger partial charge in [-0.15, -0.1) is 0 Å². The molecule has 0 radical (unpaired) electrons. The van der Waals surface area contributed by atoms with Crippen molar-refractivity contribution in [2.24, 2.45) is 11.7 Å². The van der Waals surface area contributed by atoms with Gasteiger partial charge in [0.15, 0.2) is 0 Å². The van der Waals surface area contributed by atoms with Crippen LogP contribution in [0.1, 0.15) is 34.6 Å². The SMILES string of the molecule is CC(C)C(NC(=O)c1ccccc1F)C(=O)N(C)c1ccc(C(N)=O)cc1. The van der Waals surface area contributed by atoms with Gasteiger partial charge >= 0.3 is 0 Å². The predicted molar refractivity (Wildman–Crippen MR) is 101 cm³/mol. The number of nitrogens with two attached hydrogens (primary N) is 1. The average Bonchev–Trinajstić information content (AvgIpc) is 2.65. The van der Waals surface area contributed by atoms with Gasteiger partial charge < -0.3 is 16.0 Å². The summed E-state index contributed by atoms with van der Waals surface area (Å²) < 4.78 is 13.8. The molecule has 3 N–H and O–H groups in total. The van der Waals surface area contributed by atoms with Crippen molar-refractivity contribution in [2.75, 3.05) is 11.9 Å². The first-order valence-corrected chi connectivity index (χ1v) is 8.45. The van der Waals surface area contributed by atoms with Gasteiger partial charge in [0.1, 0.15) is 11.9 Å². The highest BCUT2D eigenvalue weighted by atomic mass is 19.1. The largest absolute Gasteiger partial charge is 0.366 e. The maximum Gasteiger partial charge on any atom is 0.254 e. The Hall–Kier alpha value is -3.22. The van der Waals surface area contributed by atoms with Crippen molar-refractivity contribution >= 4 is 23.4 Å². The van der Waals surface area contributed by atoms with Crippen LogP contribution >= 0.6 is 0 Å². The minimum Gasteiger partial charge on any atom is -0.366 e. The van der Waals surface area contributed by atoms with Crippen LogP contribution in [0.3, 0.4) is 0 Å². The fraction of sp³-hybridized carbons (Fsp3) is 0.250. The van der Waals surface area contributed by atoms with Crippen LogP contribution in [-0.4, -0.2) is 30.8 Å². The number of nitrogens with one attached hydrogen (secondary N) is 1. The van der Waals surface area contributed by atoms with Gasteiger partial charge in [-0.3, -0.25) is 14.4 Å². The predicted octanol–water partition coefficient (Wildman–Crippen LogP) is 2.34. The van der Waals surface area contributed by atoms with Crippen LogP contribution in [0.25, 0.3) is 0 Å². The summed E-state index contributed by atoms with van der Waals surface area (Å²) >= 11 is 0. The van der Waals surface area contributed by atoms with Gasteiger partial charge in [-0.25, -0.2) is 4.39 Å². The van der Waals surface area contributed by atoms with E-state index in [1.807, 2.05) is 0 Å². The summed E-state index contributed by atoms with van der Waals surface area (Å²) in [5.41, 5.74) is 5.96. The number of carbonyl (C=O) groups is 3. The Morgan fingerprint density at radius 1 is 1.04 bits per heavy atom. The van der Waals surface area contributed by atoms with Gasteiger partial charge in [0.2, 0.25) is 11.8 Å². The van der Waals surface area contributed by atoms with E-state index in [9.17, 15) is 18.8 Å². The van der Waals surface area contributed by atoms with Crippen molar-refractivity contribution < 1.29 is 18.8 Å². The first kappa shape index (κ1) is 20.1. The lowest BCUT2D eigenvalue weighted by atomic mass is 10.0. The van der Waals surface area contributed by atoms with E-state index in [4.69, 9.17) is 5.73 Å². The molecule has 2 rings (SSSR count). The van der Waals surface area contributed by atoms with Crippen LogP contribution in [0.5, 0.6) is 0 Å². The van der Waals surface area contributed by atoms with Crippen LogP contribution in [0.2, 0.25) is 0 Å². The van der Waals surface area contributed by atoms with Crippen LogP contribution in [0.15, 0.2) is 48.5 Å². The first-order chi connectivity index (χ1) is 12.7. The summed E-state index contributed by atoms with van der Waals surface area (Å²) in [5, 5.41) is 2.61. The maximum absolute atomic E-state index is 13.8. The molecule has 0 aliphatic carbocycles. The molecule has 1 unspecified atom stereocenters. The summed E-state index contributed by atoms with van der Waals surface area (Å²) in [6.45, 7) is 3.57. The molecular formula is C20H22FN3O3. The molecule has 142 valence electrons. The van der Waals surface area contributed by atoms with E-state index in [0.29, 0.717) is 11.3 Å². The van der Waals surface area contributed by atoms with E-state index in [0.717, 1.165) is 0 Å². The number of hydrogen-bond donors (Lipinski definition) is 2. The van der Waals surface area contributed by atoms with E-state index >= 15 is 0 Å². The lowest BCUT2D eigenvalue weighted by molar-refractivity contribution is -0.121. The van der Waals surface area contributed by atoms with Crippen molar-refractivity contribution in [3.8, 4) is 0 Å². The second kappa shape index (κ2) is 8.44. The molecule has 0 saturated heterocycles. The highest BCUT2D eigenvalue weighted by molar-refractivity contribution is 6.02. The van der Waals surface area contributed by atoms with E-state index in [1.165, 1.54) is 35.2 Å². The van der Waals surface area contributed by atoms with Crippen LogP contribution in [-0.2, 0) is 4.79 Å². The number of amides is 3. The molecule has 1 atom stereocenters. The van der Waals surface area contributed by atoms with Crippen molar-refractivity contribution in [1.82, 2.24) is 5.32 Å². The zero-order valence-electron chi connectivity index (χ0n) is 15.4. The Morgan fingerprint density at radius 2 is 1.63 bits per heavy atom. The maximum atomic E-state index is 13.8. The van der Waals surface area contributed by atoms with Gasteiger partial charge in [0.25, 0.3) is 5.91 Å². The Bertz CT molecular complexity index is 850. The minimum absolute atomic E-state index is 0.121. The Labute approximate surface area is 157 Å². The van der Waals surface area contributed by atoms with Crippen molar-refractivity contribution in [1.29, 1.82) is 0 Å². The molecule has 0 bridgehead atoms. The summed E-state index contributed by atoms with van der Waals surface area (Å²) in [4.78, 5) is 37.8. The van der Waals surface area contributed by atoms with Gasteiger partial charge in [0, 0.05) is 18.3 Å². The second-order valence-electron chi connectivity index (χ2n) is 6.48. The number of nitrogens with zero attached hydrogens (tertiary/aromatic N) is 1. The van der Waals surface area contributed by atoms with E-state index in [1.54, 1.807) is 39.1 Å². The fourth-order valence-electron chi connectivity index (χ4n) is 2.56. The van der Waals surface area contributed by atoms with Gasteiger partial charge in [-0.05, 0) is 42.3 Å². The highest BCUT2D eigenvalue weighted by Gasteiger charge is 2.28. The van der Waals surface area contributed by atoms with Crippen molar-refractivity contribution in [3.63, 3.8) is 0 Å². The molecular weight excluding hydrogens is 349 g/mol. The Kier molecular flexibility index (Phi) is 6.28. The van der Waals surface area contributed by atoms with Gasteiger partial charge in [-0.1, -0.05) is 26.0 Å². The third-order valence-corrected chi connectivity index (χ3v) is 4.21. The molecule has 0 heterocycles. The quantitative estimate of drug-likeness (QED) is 0.816. The zero-order chi connectivity index (χ0) is 20.1. The Balaban J connectivity index is 2.20. The number of benzene rings is 2. The highest BCUT2D eigenvalue weighted by Crippen LogP contribution is 2.17. The molecule has 7 heteroatoms. The molecule has 6 nitrogen and oxygen atoms in total. The molecule has 0 aromatic heterocycles. The summed E-state index contributed by atoms with van der Waals surface area (Å²) in [7, 11) is 1.56. The zero-order valence-corrected chi connectivity index (χ0v) is 15.4. The molecule has 0 saturated carbocycles. The summed E-state index contributed by atoms with van der Waals surface area (Å²) in [6.07, 6.45) is 0. The number of rotatable bonds is 6. The fourth-order valence-corrected chi connectivity index (χ4v) is 2.56. The van der Waals surface area contributed by atoms with Gasteiger partial charge in [-0.2, -0.15) is 0 Å². The Morgan fingerprint density at radius 3 is 2.15 bits per heavy atom. The van der Waals surface area contributed by atoms with Crippen LogP contribution in [0.4, 0.5) is 10.1 Å². The number of primary amides is 1. The van der Waals surface area contributed by atoms with Gasteiger partial charge in [0.05, 0.1) is 5.56 Å². The molecule has 0 fully saturated rings. The summed E-state index contributed by atoms with van der Waals surface area (Å²) in [5.74, 6) is -2.45. The minimum atomic E-state index is -0.849. The smallest absolute Gasteiger partial charge is 0.254 e. The van der Waals surface area contributed by atoms with E-state index in [-0.39, 0.29) is 17.4 Å². The third-order valence-electron chi connectivity index (χ3n) is 4.21. The lowest BCUT2D eigenvalue weighted by Crippen LogP contribution is -2.50. The molecule has 2 aromatic rings. The number of carbonyl (C=O) groups excluding carboxylic acids is 3. The molecule has 2 aromatic carbocycles. The van der Waals surface area contributed by atoms with Crippen LogP contribution in [0, 0.1) is 11.7 Å². The second-order valence-corrected chi connectivity index (χ2v) is 6.48. The molecule has 0 aliphatic rings. The number of hydrogen-bond acceptors (Lipinski definition) is 3. The average molecular weight is 371 g/mol. The van der Waals surface area contributed by atoms with Crippen molar-refractivity contribution in [3.05, 3.63) is 65.5 Å². The first-order valence-electron chi connectivity index (χ1n) is 8.45. The topological polar surface area (TPSA) is 92.5 Å². The normalized spacial score (nSPS) is 11.7. The molecule has 27 heavy (non-hydrogen) atoms. The molecule has 3 amide bonds. The molecule has 0 aliphatic heterocycles. The molecule has 0 spiro atoms. The standard InChI is InChI=1S/C20H22FN3O3/c1-12(2)17(23-19(26)15-6-4-5-7-16(15)21)20(27)24(3)14-10-8-13(9-11-14)18(22)25/h4-12,17H,1-3H3,(H2,22,25)(H,23,26). The number of anilines is 1. The monoisotopic (exact) mass is 371 g/mol. The van der Waals surface area contributed by atoms with E-state index < -0.39 is 23.7 Å².